The molecule has 2 aromatic carbocycles. The maximum Gasteiger partial charge on any atom is 0.272 e. The van der Waals surface area contributed by atoms with Gasteiger partial charge >= 0.3 is 0 Å². The summed E-state index contributed by atoms with van der Waals surface area (Å²) < 4.78 is 0. The first-order chi connectivity index (χ1) is 10.7. The van der Waals surface area contributed by atoms with Crippen LogP contribution in [0.25, 0.3) is 11.1 Å². The smallest absolute Gasteiger partial charge is 0.272 e. The molecule has 0 aromatic heterocycles. The van der Waals surface area contributed by atoms with Gasteiger partial charge in [-0.25, -0.2) is 0 Å². The molecule has 0 amide bonds. The largest absolute Gasteiger partial charge is 0.376 e. The zero-order valence-corrected chi connectivity index (χ0v) is 12.3. The number of benzene rings is 2. The summed E-state index contributed by atoms with van der Waals surface area (Å²) in [6, 6.07) is 10.3. The van der Waals surface area contributed by atoms with Gasteiger partial charge in [0.2, 0.25) is 0 Å². The molecule has 3 N–H and O–H groups in total. The molecule has 0 bridgehead atoms. The molecule has 23 heavy (non-hydrogen) atoms. The minimum atomic E-state index is -1.58. The van der Waals surface area contributed by atoms with E-state index in [2.05, 4.69) is 0 Å². The summed E-state index contributed by atoms with van der Waals surface area (Å²) in [5.74, 6) is 0. The minimum absolute atomic E-state index is 0.0409. The van der Waals surface area contributed by atoms with Gasteiger partial charge in [0.25, 0.3) is 11.4 Å². The van der Waals surface area contributed by atoms with Gasteiger partial charge in [-0.05, 0) is 42.3 Å². The van der Waals surface area contributed by atoms with E-state index in [4.69, 9.17) is 5.73 Å². The van der Waals surface area contributed by atoms with Crippen LogP contribution in [0, 0.1) is 20.2 Å². The second-order valence-corrected chi connectivity index (χ2v) is 5.44. The molecule has 0 spiro atoms. The summed E-state index contributed by atoms with van der Waals surface area (Å²) in [6.07, 6.45) is -0.0931. The van der Waals surface area contributed by atoms with Crippen molar-refractivity contribution >= 4 is 11.4 Å². The van der Waals surface area contributed by atoms with Crippen LogP contribution in [0.3, 0.4) is 0 Å². The third-order valence-corrected chi connectivity index (χ3v) is 3.24. The van der Waals surface area contributed by atoms with E-state index in [0.717, 1.165) is 0 Å². The fraction of sp³-hybridized carbons (Fsp3) is 0.200. The van der Waals surface area contributed by atoms with Crippen molar-refractivity contribution in [2.45, 2.75) is 19.1 Å². The first-order valence-corrected chi connectivity index (χ1v) is 6.71. The van der Waals surface area contributed by atoms with Crippen LogP contribution in [0.15, 0.2) is 42.5 Å². The van der Waals surface area contributed by atoms with Crippen molar-refractivity contribution < 1.29 is 15.0 Å². The van der Waals surface area contributed by atoms with E-state index < -0.39 is 15.6 Å². The predicted octanol–water partition coefficient (Wildman–Crippen LogP) is 2.38. The van der Waals surface area contributed by atoms with Gasteiger partial charge < -0.3 is 10.8 Å². The van der Waals surface area contributed by atoms with Gasteiger partial charge in [0, 0.05) is 30.2 Å². The number of hydrogen-bond acceptors (Lipinski definition) is 6. The standard InChI is InChI=1S/C15H15N3O5/c1-15(16,19)9-12-8-11(4-7-14(12)18(22)23)10-2-5-13(6-3-10)17(20)21/h2-8,19H,9,16H2,1H3. The minimum Gasteiger partial charge on any atom is -0.376 e. The number of aliphatic hydroxyl groups is 1. The van der Waals surface area contributed by atoms with Crippen molar-refractivity contribution in [3.05, 3.63) is 68.3 Å². The highest BCUT2D eigenvalue weighted by Gasteiger charge is 2.22. The highest BCUT2D eigenvalue weighted by molar-refractivity contribution is 5.67. The SMILES string of the molecule is CC(N)(O)Cc1cc(-c2ccc([N+](=O)[O-])cc2)ccc1[N+](=O)[O-]. The molecule has 0 aliphatic rings. The number of nitrogens with zero attached hydrogens (tertiary/aromatic N) is 2. The highest BCUT2D eigenvalue weighted by Crippen LogP contribution is 2.29. The van der Waals surface area contributed by atoms with Gasteiger partial charge in [0.1, 0.15) is 5.72 Å². The lowest BCUT2D eigenvalue weighted by molar-refractivity contribution is -0.385. The molecule has 0 aliphatic heterocycles. The van der Waals surface area contributed by atoms with Crippen LogP contribution in [0.1, 0.15) is 12.5 Å². The van der Waals surface area contributed by atoms with Crippen LogP contribution < -0.4 is 5.73 Å². The van der Waals surface area contributed by atoms with Crippen molar-refractivity contribution in [2.24, 2.45) is 5.73 Å². The third kappa shape index (κ3) is 4.09. The predicted molar refractivity (Wildman–Crippen MR) is 83.7 cm³/mol. The monoisotopic (exact) mass is 317 g/mol. The van der Waals surface area contributed by atoms with Crippen LogP contribution >= 0.6 is 0 Å². The quantitative estimate of drug-likeness (QED) is 0.494. The van der Waals surface area contributed by atoms with Crippen LogP contribution in [-0.4, -0.2) is 20.7 Å². The second-order valence-electron chi connectivity index (χ2n) is 5.44. The molecule has 120 valence electrons. The first kappa shape index (κ1) is 16.5. The van der Waals surface area contributed by atoms with Gasteiger partial charge in [-0.3, -0.25) is 20.2 Å². The van der Waals surface area contributed by atoms with E-state index >= 15 is 0 Å². The maximum atomic E-state index is 11.1. The van der Waals surface area contributed by atoms with Crippen molar-refractivity contribution in [2.75, 3.05) is 0 Å². The van der Waals surface area contributed by atoms with E-state index in [1.807, 2.05) is 0 Å². The maximum absolute atomic E-state index is 11.1. The van der Waals surface area contributed by atoms with Crippen molar-refractivity contribution in [3.8, 4) is 11.1 Å². The van der Waals surface area contributed by atoms with Crippen LogP contribution in [0.5, 0.6) is 0 Å². The van der Waals surface area contributed by atoms with Gasteiger partial charge in [-0.1, -0.05) is 0 Å². The molecule has 1 atom stereocenters. The van der Waals surface area contributed by atoms with Gasteiger partial charge in [0.15, 0.2) is 0 Å². The number of nitrogens with two attached hydrogens (primary N) is 1. The number of nitro groups is 2. The molecule has 8 nitrogen and oxygen atoms in total. The molecule has 0 heterocycles. The molecule has 0 aliphatic carbocycles. The van der Waals surface area contributed by atoms with Crippen LogP contribution in [0.4, 0.5) is 11.4 Å². The van der Waals surface area contributed by atoms with Crippen molar-refractivity contribution in [1.29, 1.82) is 0 Å². The fourth-order valence-corrected chi connectivity index (χ4v) is 2.25. The van der Waals surface area contributed by atoms with E-state index in [1.165, 1.54) is 25.1 Å². The summed E-state index contributed by atoms with van der Waals surface area (Å²) in [5, 5.41) is 31.5. The Labute approximate surface area is 131 Å². The molecule has 2 rings (SSSR count). The lowest BCUT2D eigenvalue weighted by Gasteiger charge is -2.17. The molecule has 8 heteroatoms. The summed E-state index contributed by atoms with van der Waals surface area (Å²) in [5.41, 5.74) is 5.38. The van der Waals surface area contributed by atoms with Gasteiger partial charge in [0.05, 0.1) is 9.85 Å². The Bertz CT molecular complexity index is 751. The fourth-order valence-electron chi connectivity index (χ4n) is 2.25. The first-order valence-electron chi connectivity index (χ1n) is 6.71. The summed E-state index contributed by atoms with van der Waals surface area (Å²) in [6.45, 7) is 1.36. The zero-order valence-electron chi connectivity index (χ0n) is 12.3. The van der Waals surface area contributed by atoms with Crippen LogP contribution in [-0.2, 0) is 6.42 Å². The van der Waals surface area contributed by atoms with Crippen LogP contribution in [0.2, 0.25) is 0 Å². The summed E-state index contributed by atoms with van der Waals surface area (Å²) in [4.78, 5) is 20.7. The Balaban J connectivity index is 2.45. The Morgan fingerprint density at radius 3 is 2.09 bits per heavy atom. The Morgan fingerprint density at radius 2 is 1.61 bits per heavy atom. The van der Waals surface area contributed by atoms with E-state index in [-0.39, 0.29) is 17.8 Å². The highest BCUT2D eigenvalue weighted by atomic mass is 16.6. The average Bonchev–Trinajstić information content (AvgIpc) is 2.45. The Kier molecular flexibility index (Phi) is 4.39. The van der Waals surface area contributed by atoms with E-state index in [0.29, 0.717) is 16.7 Å². The number of nitro benzene ring substituents is 2. The molecular formula is C15H15N3O5. The summed E-state index contributed by atoms with van der Waals surface area (Å²) >= 11 is 0. The lowest BCUT2D eigenvalue weighted by atomic mass is 9.97. The average molecular weight is 317 g/mol. The van der Waals surface area contributed by atoms with E-state index in [1.54, 1.807) is 24.3 Å². The Morgan fingerprint density at radius 1 is 1.04 bits per heavy atom. The topological polar surface area (TPSA) is 133 Å². The molecule has 0 saturated heterocycles. The van der Waals surface area contributed by atoms with Gasteiger partial charge in [-0.2, -0.15) is 0 Å². The Hall–Kier alpha value is -2.84. The number of rotatable bonds is 5. The molecular weight excluding hydrogens is 302 g/mol. The normalized spacial score (nSPS) is 13.3. The number of non-ortho nitro benzene ring substituents is 1. The molecule has 1 unspecified atom stereocenters. The molecule has 0 radical (unpaired) electrons. The molecule has 0 saturated carbocycles. The zero-order chi connectivity index (χ0) is 17.2. The van der Waals surface area contributed by atoms with Gasteiger partial charge in [-0.15, -0.1) is 0 Å². The molecule has 0 fully saturated rings. The summed E-state index contributed by atoms with van der Waals surface area (Å²) in [7, 11) is 0. The van der Waals surface area contributed by atoms with Crippen molar-refractivity contribution in [1.82, 2.24) is 0 Å². The lowest BCUT2D eigenvalue weighted by Crippen LogP contribution is -2.38. The second kappa shape index (κ2) is 6.11. The van der Waals surface area contributed by atoms with E-state index in [9.17, 15) is 25.3 Å². The molecule has 2 aromatic rings. The van der Waals surface area contributed by atoms with Crippen molar-refractivity contribution in [3.63, 3.8) is 0 Å². The number of hydrogen-bond donors (Lipinski definition) is 2. The third-order valence-electron chi connectivity index (χ3n) is 3.24.